The first-order valence-electron chi connectivity index (χ1n) is 6.55. The van der Waals surface area contributed by atoms with Crippen LogP contribution in [0.1, 0.15) is 12.0 Å². The summed E-state index contributed by atoms with van der Waals surface area (Å²) in [6.07, 6.45) is -0.273. The van der Waals surface area contributed by atoms with Crippen molar-refractivity contribution in [2.24, 2.45) is 5.92 Å². The number of aliphatic hydroxyl groups is 1. The van der Waals surface area contributed by atoms with Crippen LogP contribution in [0.15, 0.2) is 30.3 Å². The minimum Gasteiger partial charge on any atom is -0.465 e. The van der Waals surface area contributed by atoms with Crippen LogP contribution in [-0.2, 0) is 6.54 Å². The van der Waals surface area contributed by atoms with Gasteiger partial charge in [0.1, 0.15) is 0 Å². The topological polar surface area (TPSA) is 72.8 Å². The molecule has 0 aliphatic carbocycles. The summed E-state index contributed by atoms with van der Waals surface area (Å²) in [5, 5.41) is 20.7. The average molecular weight is 264 g/mol. The second kappa shape index (κ2) is 6.54. The summed E-state index contributed by atoms with van der Waals surface area (Å²) in [6, 6.07) is 10.0. The Morgan fingerprint density at radius 3 is 2.74 bits per heavy atom. The summed E-state index contributed by atoms with van der Waals surface area (Å²) in [4.78, 5) is 13.0. The third-order valence-corrected chi connectivity index (χ3v) is 3.61. The van der Waals surface area contributed by atoms with Crippen molar-refractivity contribution in [2.75, 3.05) is 19.7 Å². The van der Waals surface area contributed by atoms with E-state index in [9.17, 15) is 9.90 Å². The highest BCUT2D eigenvalue weighted by Gasteiger charge is 2.29. The number of likely N-dealkylation sites (tertiary alicyclic amines) is 1. The van der Waals surface area contributed by atoms with Crippen molar-refractivity contribution in [1.82, 2.24) is 10.2 Å². The minimum atomic E-state index is -1.01. The van der Waals surface area contributed by atoms with Gasteiger partial charge in [-0.05, 0) is 12.0 Å². The molecule has 1 aliphatic rings. The van der Waals surface area contributed by atoms with Crippen LogP contribution in [0, 0.1) is 5.92 Å². The van der Waals surface area contributed by atoms with Crippen LogP contribution in [0.4, 0.5) is 4.79 Å². The van der Waals surface area contributed by atoms with Crippen LogP contribution in [0.5, 0.6) is 0 Å². The summed E-state index contributed by atoms with van der Waals surface area (Å²) in [6.45, 7) is 2.42. The first-order chi connectivity index (χ1) is 9.19. The Labute approximate surface area is 112 Å². The molecule has 1 aliphatic heterocycles. The second-order valence-corrected chi connectivity index (χ2v) is 5.01. The molecule has 1 amide bonds. The molecular weight excluding hydrogens is 244 g/mol. The molecule has 0 bridgehead atoms. The van der Waals surface area contributed by atoms with E-state index >= 15 is 0 Å². The third-order valence-electron chi connectivity index (χ3n) is 3.61. The lowest BCUT2D eigenvalue weighted by Gasteiger charge is -2.37. The van der Waals surface area contributed by atoms with E-state index in [-0.39, 0.29) is 18.6 Å². The van der Waals surface area contributed by atoms with Gasteiger partial charge in [-0.25, -0.2) is 4.79 Å². The Morgan fingerprint density at radius 2 is 2.11 bits per heavy atom. The minimum absolute atomic E-state index is 0.0102. The van der Waals surface area contributed by atoms with Gasteiger partial charge < -0.3 is 15.5 Å². The van der Waals surface area contributed by atoms with Gasteiger partial charge in [-0.3, -0.25) is 4.90 Å². The maximum atomic E-state index is 10.7. The molecule has 1 fully saturated rings. The number of nitrogens with zero attached hydrogens (tertiary/aromatic N) is 1. The summed E-state index contributed by atoms with van der Waals surface area (Å²) in [7, 11) is 0. The van der Waals surface area contributed by atoms with Crippen molar-refractivity contribution in [3.05, 3.63) is 35.9 Å². The second-order valence-electron chi connectivity index (χ2n) is 5.01. The maximum Gasteiger partial charge on any atom is 0.404 e. The van der Waals surface area contributed by atoms with Gasteiger partial charge in [0.2, 0.25) is 0 Å². The van der Waals surface area contributed by atoms with Crippen molar-refractivity contribution in [1.29, 1.82) is 0 Å². The van der Waals surface area contributed by atoms with E-state index < -0.39 is 6.09 Å². The summed E-state index contributed by atoms with van der Waals surface area (Å²) < 4.78 is 0. The Bertz CT molecular complexity index is 410. The van der Waals surface area contributed by atoms with E-state index in [4.69, 9.17) is 5.11 Å². The highest BCUT2D eigenvalue weighted by molar-refractivity contribution is 5.64. The fourth-order valence-corrected chi connectivity index (χ4v) is 2.63. The van der Waals surface area contributed by atoms with Crippen LogP contribution in [0.3, 0.4) is 0 Å². The lowest BCUT2D eigenvalue weighted by atomic mass is 9.92. The monoisotopic (exact) mass is 264 g/mol. The lowest BCUT2D eigenvalue weighted by Crippen LogP contribution is -2.51. The van der Waals surface area contributed by atoms with Gasteiger partial charge in [0, 0.05) is 38.2 Å². The number of nitrogens with one attached hydrogen (secondary N) is 1. The Kier molecular flexibility index (Phi) is 4.76. The van der Waals surface area contributed by atoms with Crippen molar-refractivity contribution < 1.29 is 15.0 Å². The zero-order valence-electron chi connectivity index (χ0n) is 10.8. The van der Waals surface area contributed by atoms with Gasteiger partial charge in [0.05, 0.1) is 0 Å². The molecule has 1 aromatic rings. The predicted octanol–water partition coefficient (Wildman–Crippen LogP) is 1.14. The Morgan fingerprint density at radius 1 is 1.37 bits per heavy atom. The number of carbonyl (C=O) groups is 1. The number of rotatable bonds is 4. The standard InChI is InChI=1S/C14H20N2O3/c17-10-12-9-16(7-6-13(12)15-14(18)19)8-11-4-2-1-3-5-11/h1-5,12-13,15,17H,6-10H2,(H,18,19). The molecule has 1 aromatic carbocycles. The van der Waals surface area contributed by atoms with Crippen molar-refractivity contribution in [3.63, 3.8) is 0 Å². The summed E-state index contributed by atoms with van der Waals surface area (Å²) in [5.41, 5.74) is 1.24. The molecule has 1 saturated heterocycles. The molecule has 104 valence electrons. The molecule has 0 aromatic heterocycles. The van der Waals surface area contributed by atoms with E-state index in [1.54, 1.807) is 0 Å². The molecule has 1 heterocycles. The van der Waals surface area contributed by atoms with Gasteiger partial charge in [-0.1, -0.05) is 30.3 Å². The fourth-order valence-electron chi connectivity index (χ4n) is 2.63. The fraction of sp³-hybridized carbons (Fsp3) is 0.500. The number of carboxylic acid groups (broad SMARTS) is 1. The molecule has 5 heteroatoms. The number of aliphatic hydroxyl groups excluding tert-OH is 1. The first-order valence-corrected chi connectivity index (χ1v) is 6.55. The third kappa shape index (κ3) is 3.94. The van der Waals surface area contributed by atoms with Crippen molar-refractivity contribution in [2.45, 2.75) is 19.0 Å². The number of amides is 1. The van der Waals surface area contributed by atoms with E-state index in [0.717, 1.165) is 26.1 Å². The van der Waals surface area contributed by atoms with Gasteiger partial charge in [0.25, 0.3) is 0 Å². The largest absolute Gasteiger partial charge is 0.465 e. The molecule has 2 atom stereocenters. The Hall–Kier alpha value is -1.59. The lowest BCUT2D eigenvalue weighted by molar-refractivity contribution is 0.0839. The zero-order valence-corrected chi connectivity index (χ0v) is 10.8. The highest BCUT2D eigenvalue weighted by Crippen LogP contribution is 2.19. The van der Waals surface area contributed by atoms with Crippen LogP contribution in [-0.4, -0.2) is 46.9 Å². The van der Waals surface area contributed by atoms with Crippen LogP contribution >= 0.6 is 0 Å². The van der Waals surface area contributed by atoms with E-state index in [1.807, 2.05) is 18.2 Å². The molecule has 0 radical (unpaired) electrons. The predicted molar refractivity (Wildman–Crippen MR) is 71.9 cm³/mol. The summed E-state index contributed by atoms with van der Waals surface area (Å²) >= 11 is 0. The highest BCUT2D eigenvalue weighted by atomic mass is 16.4. The number of benzene rings is 1. The number of hydrogen-bond acceptors (Lipinski definition) is 3. The Balaban J connectivity index is 1.91. The van der Waals surface area contributed by atoms with Gasteiger partial charge in [-0.2, -0.15) is 0 Å². The van der Waals surface area contributed by atoms with E-state index in [0.29, 0.717) is 0 Å². The van der Waals surface area contributed by atoms with Crippen LogP contribution in [0.2, 0.25) is 0 Å². The average Bonchev–Trinajstić information content (AvgIpc) is 2.41. The first kappa shape index (κ1) is 13.8. The molecule has 19 heavy (non-hydrogen) atoms. The van der Waals surface area contributed by atoms with E-state index in [1.165, 1.54) is 5.56 Å². The number of hydrogen-bond donors (Lipinski definition) is 3. The SMILES string of the molecule is O=C(O)NC1CCN(Cc2ccccc2)CC1CO. The van der Waals surface area contributed by atoms with Crippen molar-refractivity contribution >= 4 is 6.09 Å². The maximum absolute atomic E-state index is 10.7. The van der Waals surface area contributed by atoms with Gasteiger partial charge >= 0.3 is 6.09 Å². The number of piperidine rings is 1. The van der Waals surface area contributed by atoms with Crippen LogP contribution < -0.4 is 5.32 Å². The molecular formula is C14H20N2O3. The normalized spacial score (nSPS) is 24.1. The van der Waals surface area contributed by atoms with Gasteiger partial charge in [-0.15, -0.1) is 0 Å². The molecule has 0 spiro atoms. The van der Waals surface area contributed by atoms with Gasteiger partial charge in [0.15, 0.2) is 0 Å². The van der Waals surface area contributed by atoms with Crippen LogP contribution in [0.25, 0.3) is 0 Å². The molecule has 3 N–H and O–H groups in total. The summed E-state index contributed by atoms with van der Waals surface area (Å²) in [5.74, 6) is -0.0337. The molecule has 2 unspecified atom stereocenters. The quantitative estimate of drug-likeness (QED) is 0.762. The molecule has 0 saturated carbocycles. The smallest absolute Gasteiger partial charge is 0.404 e. The molecule has 5 nitrogen and oxygen atoms in total. The zero-order chi connectivity index (χ0) is 13.7. The molecule has 2 rings (SSSR count). The van der Waals surface area contributed by atoms with Crippen molar-refractivity contribution in [3.8, 4) is 0 Å². The van der Waals surface area contributed by atoms with E-state index in [2.05, 4.69) is 22.3 Å².